The molecule has 0 unspecified atom stereocenters. The van der Waals surface area contributed by atoms with Gasteiger partial charge < -0.3 is 20.9 Å². The third-order valence-corrected chi connectivity index (χ3v) is 4.66. The number of nitrogen functional groups attached to an aromatic ring is 1. The van der Waals surface area contributed by atoms with E-state index >= 15 is 0 Å². The Morgan fingerprint density at radius 1 is 1.36 bits per heavy atom. The summed E-state index contributed by atoms with van der Waals surface area (Å²) in [4.78, 5) is 11.4. The van der Waals surface area contributed by atoms with Gasteiger partial charge in [0.25, 0.3) is 5.91 Å². The minimum atomic E-state index is -0.620. The van der Waals surface area contributed by atoms with Crippen LogP contribution in [0.2, 0.25) is 0 Å². The molecule has 1 saturated carbocycles. The zero-order chi connectivity index (χ0) is 15.8. The summed E-state index contributed by atoms with van der Waals surface area (Å²) in [5, 5.41) is 13.4. The summed E-state index contributed by atoms with van der Waals surface area (Å²) in [7, 11) is 0. The molecule has 0 bridgehead atoms. The van der Waals surface area contributed by atoms with Gasteiger partial charge in [-0.25, -0.2) is 0 Å². The number of nitriles is 1. The molecule has 1 saturated heterocycles. The van der Waals surface area contributed by atoms with Crippen LogP contribution in [0.15, 0.2) is 6.20 Å². The molecule has 1 amide bonds. The van der Waals surface area contributed by atoms with Gasteiger partial charge in [-0.1, -0.05) is 0 Å². The van der Waals surface area contributed by atoms with E-state index in [4.69, 9.17) is 20.9 Å². The summed E-state index contributed by atoms with van der Waals surface area (Å²) in [5.41, 5.74) is 10.7. The molecule has 2 heterocycles. The Hall–Kier alpha value is -2.11. The second kappa shape index (κ2) is 5.26. The molecule has 0 aromatic carbocycles. The highest BCUT2D eigenvalue weighted by Crippen LogP contribution is 2.45. The standard InChI is InChI=1S/C14H19N5O3/c15-6-5-13(19-9-10(12(17)20)11(16)18-19)1-3-14(4-2-13)21-7-8-22-14/h9H,1-5,7-8H2,(H2,16,18)(H2,17,20). The van der Waals surface area contributed by atoms with Gasteiger partial charge in [-0.15, -0.1) is 0 Å². The Balaban J connectivity index is 1.88. The third-order valence-electron chi connectivity index (χ3n) is 4.66. The molecule has 1 aromatic rings. The van der Waals surface area contributed by atoms with Crippen molar-refractivity contribution in [1.82, 2.24) is 9.78 Å². The summed E-state index contributed by atoms with van der Waals surface area (Å²) >= 11 is 0. The number of carbonyl (C=O) groups excluding carboxylic acids is 1. The first kappa shape index (κ1) is 14.8. The quantitative estimate of drug-likeness (QED) is 0.836. The van der Waals surface area contributed by atoms with Crippen LogP contribution < -0.4 is 11.5 Å². The second-order valence-electron chi connectivity index (χ2n) is 5.90. The number of anilines is 1. The van der Waals surface area contributed by atoms with Gasteiger partial charge in [0.1, 0.15) is 5.56 Å². The zero-order valence-electron chi connectivity index (χ0n) is 12.2. The van der Waals surface area contributed by atoms with Crippen molar-refractivity contribution < 1.29 is 14.3 Å². The predicted molar refractivity (Wildman–Crippen MR) is 76.5 cm³/mol. The van der Waals surface area contributed by atoms with Crippen LogP contribution in [0.1, 0.15) is 42.5 Å². The number of rotatable bonds is 3. The minimum Gasteiger partial charge on any atom is -0.382 e. The van der Waals surface area contributed by atoms with E-state index in [9.17, 15) is 10.1 Å². The Morgan fingerprint density at radius 3 is 2.50 bits per heavy atom. The summed E-state index contributed by atoms with van der Waals surface area (Å²) < 4.78 is 13.1. The molecule has 8 heteroatoms. The topological polar surface area (TPSA) is 129 Å². The molecule has 1 aliphatic carbocycles. The molecular weight excluding hydrogens is 286 g/mol. The maximum atomic E-state index is 11.4. The Bertz CT molecular complexity index is 617. The van der Waals surface area contributed by atoms with Crippen molar-refractivity contribution in [3.8, 4) is 6.07 Å². The Labute approximate surface area is 128 Å². The van der Waals surface area contributed by atoms with E-state index in [1.165, 1.54) is 0 Å². The first-order valence-electron chi connectivity index (χ1n) is 7.31. The first-order chi connectivity index (χ1) is 10.5. The average molecular weight is 305 g/mol. The van der Waals surface area contributed by atoms with Crippen molar-refractivity contribution in [3.05, 3.63) is 11.8 Å². The lowest BCUT2D eigenvalue weighted by Gasteiger charge is -2.42. The summed E-state index contributed by atoms with van der Waals surface area (Å²) in [6, 6.07) is 2.21. The maximum absolute atomic E-state index is 11.4. The van der Waals surface area contributed by atoms with Crippen molar-refractivity contribution in [3.63, 3.8) is 0 Å². The van der Waals surface area contributed by atoms with Gasteiger partial charge >= 0.3 is 0 Å². The molecule has 1 spiro atoms. The van der Waals surface area contributed by atoms with E-state index in [-0.39, 0.29) is 17.8 Å². The van der Waals surface area contributed by atoms with Crippen LogP contribution in [0, 0.1) is 11.3 Å². The van der Waals surface area contributed by atoms with Gasteiger partial charge in [-0.2, -0.15) is 10.4 Å². The lowest BCUT2D eigenvalue weighted by Crippen LogP contribution is -2.45. The number of aromatic nitrogens is 2. The van der Waals surface area contributed by atoms with Gasteiger partial charge in [-0.3, -0.25) is 9.48 Å². The lowest BCUT2D eigenvalue weighted by atomic mass is 9.77. The van der Waals surface area contributed by atoms with E-state index in [1.54, 1.807) is 10.9 Å². The monoisotopic (exact) mass is 305 g/mol. The summed E-state index contributed by atoms with van der Waals surface area (Å²) in [6.45, 7) is 1.21. The number of nitrogens with two attached hydrogens (primary N) is 2. The highest BCUT2D eigenvalue weighted by atomic mass is 16.7. The van der Waals surface area contributed by atoms with Gasteiger partial charge in [0.2, 0.25) is 0 Å². The molecular formula is C14H19N5O3. The maximum Gasteiger partial charge on any atom is 0.254 e. The normalized spacial score (nSPS) is 22.5. The van der Waals surface area contributed by atoms with E-state index in [1.807, 2.05) is 0 Å². The molecule has 0 radical (unpaired) electrons. The molecule has 1 aromatic heterocycles. The van der Waals surface area contributed by atoms with Crippen molar-refractivity contribution in [2.24, 2.45) is 5.73 Å². The van der Waals surface area contributed by atoms with Crippen LogP contribution in [-0.4, -0.2) is 34.7 Å². The predicted octanol–water partition coefficient (Wildman–Crippen LogP) is 0.490. The van der Waals surface area contributed by atoms with Gasteiger partial charge in [-0.05, 0) is 12.8 Å². The van der Waals surface area contributed by atoms with Crippen molar-refractivity contribution in [2.75, 3.05) is 18.9 Å². The van der Waals surface area contributed by atoms with Crippen molar-refractivity contribution in [2.45, 2.75) is 43.4 Å². The van der Waals surface area contributed by atoms with E-state index in [0.717, 1.165) is 0 Å². The highest BCUT2D eigenvalue weighted by molar-refractivity contribution is 5.96. The number of ether oxygens (including phenoxy) is 2. The minimum absolute atomic E-state index is 0.0958. The molecule has 1 aliphatic heterocycles. The molecule has 8 nitrogen and oxygen atoms in total. The first-order valence-corrected chi connectivity index (χ1v) is 7.31. The number of primary amides is 1. The van der Waals surface area contributed by atoms with Crippen LogP contribution >= 0.6 is 0 Å². The molecule has 0 atom stereocenters. The van der Waals surface area contributed by atoms with E-state index < -0.39 is 17.2 Å². The molecule has 2 fully saturated rings. The van der Waals surface area contributed by atoms with Crippen LogP contribution in [0.3, 0.4) is 0 Å². The van der Waals surface area contributed by atoms with Crippen LogP contribution in [-0.2, 0) is 15.0 Å². The second-order valence-corrected chi connectivity index (χ2v) is 5.90. The van der Waals surface area contributed by atoms with Gasteiger partial charge in [0.15, 0.2) is 11.6 Å². The lowest BCUT2D eigenvalue weighted by molar-refractivity contribution is -0.190. The Kier molecular flexibility index (Phi) is 3.54. The third kappa shape index (κ3) is 2.32. The fourth-order valence-electron chi connectivity index (χ4n) is 3.34. The fourth-order valence-corrected chi connectivity index (χ4v) is 3.34. The molecule has 118 valence electrons. The molecule has 4 N–H and O–H groups in total. The van der Waals surface area contributed by atoms with E-state index in [2.05, 4.69) is 11.2 Å². The molecule has 22 heavy (non-hydrogen) atoms. The Morgan fingerprint density at radius 2 is 2.00 bits per heavy atom. The van der Waals surface area contributed by atoms with E-state index in [0.29, 0.717) is 38.9 Å². The van der Waals surface area contributed by atoms with Crippen LogP contribution in [0.5, 0.6) is 0 Å². The number of hydrogen-bond donors (Lipinski definition) is 2. The largest absolute Gasteiger partial charge is 0.382 e. The smallest absolute Gasteiger partial charge is 0.254 e. The van der Waals surface area contributed by atoms with Gasteiger partial charge in [0, 0.05) is 19.0 Å². The number of nitrogens with zero attached hydrogens (tertiary/aromatic N) is 3. The van der Waals surface area contributed by atoms with Crippen LogP contribution in [0.4, 0.5) is 5.82 Å². The van der Waals surface area contributed by atoms with Crippen molar-refractivity contribution in [1.29, 1.82) is 5.26 Å². The van der Waals surface area contributed by atoms with Gasteiger partial charge in [0.05, 0.1) is 31.2 Å². The fraction of sp³-hybridized carbons (Fsp3) is 0.643. The number of carbonyl (C=O) groups is 1. The number of amides is 1. The zero-order valence-corrected chi connectivity index (χ0v) is 12.2. The SMILES string of the molecule is N#CCC1(n2cc(C(N)=O)c(N)n2)CCC2(CC1)OCCO2. The highest BCUT2D eigenvalue weighted by Gasteiger charge is 2.47. The van der Waals surface area contributed by atoms with Crippen molar-refractivity contribution >= 4 is 11.7 Å². The number of hydrogen-bond acceptors (Lipinski definition) is 6. The summed E-state index contributed by atoms with van der Waals surface area (Å²) in [6.07, 6.45) is 4.52. The molecule has 2 aliphatic rings. The average Bonchev–Trinajstić information content (AvgIpc) is 3.10. The van der Waals surface area contributed by atoms with Crippen LogP contribution in [0.25, 0.3) is 0 Å². The summed E-state index contributed by atoms with van der Waals surface area (Å²) in [5.74, 6) is -1.05. The molecule has 3 rings (SSSR count).